The monoisotopic (exact) mass is 395 g/mol. The minimum atomic E-state index is 0.0278. The van der Waals surface area contributed by atoms with Gasteiger partial charge in [-0.15, -0.1) is 0 Å². The van der Waals surface area contributed by atoms with E-state index in [9.17, 15) is 4.79 Å². The van der Waals surface area contributed by atoms with E-state index in [4.69, 9.17) is 14.5 Å². The predicted molar refractivity (Wildman–Crippen MR) is 114 cm³/mol. The first kappa shape index (κ1) is 20.9. The number of para-hydroxylation sites is 2. The molecule has 6 nitrogen and oxygen atoms in total. The Morgan fingerprint density at radius 3 is 2.69 bits per heavy atom. The zero-order valence-electron chi connectivity index (χ0n) is 17.2. The third-order valence-electron chi connectivity index (χ3n) is 4.82. The van der Waals surface area contributed by atoms with Gasteiger partial charge in [0.1, 0.15) is 11.6 Å². The average molecular weight is 396 g/mol. The maximum atomic E-state index is 12.2. The van der Waals surface area contributed by atoms with Crippen LogP contribution in [0.4, 0.5) is 0 Å². The van der Waals surface area contributed by atoms with E-state index in [1.54, 1.807) is 7.11 Å². The zero-order valence-corrected chi connectivity index (χ0v) is 17.2. The summed E-state index contributed by atoms with van der Waals surface area (Å²) in [5.74, 6) is 1.86. The highest BCUT2D eigenvalue weighted by molar-refractivity contribution is 5.78. The summed E-state index contributed by atoms with van der Waals surface area (Å²) in [6, 6.07) is 15.7. The number of hydrogen-bond acceptors (Lipinski definition) is 4. The molecule has 1 aromatic heterocycles. The molecule has 1 amide bonds. The molecule has 1 heterocycles. The minimum absolute atomic E-state index is 0.0278. The smallest absolute Gasteiger partial charge is 0.224 e. The lowest BCUT2D eigenvalue weighted by molar-refractivity contribution is -0.120. The molecule has 0 aliphatic heterocycles. The molecule has 0 aliphatic rings. The molecule has 0 unspecified atom stereocenters. The van der Waals surface area contributed by atoms with Crippen LogP contribution in [0, 0.1) is 0 Å². The predicted octanol–water partition coefficient (Wildman–Crippen LogP) is 3.37. The first-order valence-corrected chi connectivity index (χ1v) is 10.1. The van der Waals surface area contributed by atoms with Gasteiger partial charge in [0.25, 0.3) is 0 Å². The second-order valence-corrected chi connectivity index (χ2v) is 6.84. The maximum Gasteiger partial charge on any atom is 0.224 e. The number of carbonyl (C=O) groups is 1. The molecular formula is C23H29N3O3. The van der Waals surface area contributed by atoms with Crippen molar-refractivity contribution in [3.05, 3.63) is 59.9 Å². The molecule has 0 saturated carbocycles. The van der Waals surface area contributed by atoms with E-state index in [1.807, 2.05) is 49.4 Å². The first-order chi connectivity index (χ1) is 14.2. The second kappa shape index (κ2) is 10.6. The van der Waals surface area contributed by atoms with Crippen molar-refractivity contribution in [2.24, 2.45) is 0 Å². The lowest BCUT2D eigenvalue weighted by Gasteiger charge is -2.10. The van der Waals surface area contributed by atoms with Gasteiger partial charge in [0.05, 0.1) is 31.2 Å². The molecular weight excluding hydrogens is 366 g/mol. The Bertz CT molecular complexity index is 919. The largest absolute Gasteiger partial charge is 0.497 e. The Balaban J connectivity index is 1.51. The van der Waals surface area contributed by atoms with E-state index in [0.29, 0.717) is 26.2 Å². The first-order valence-electron chi connectivity index (χ1n) is 10.1. The fraction of sp³-hybridized carbons (Fsp3) is 0.391. The van der Waals surface area contributed by atoms with Crippen LogP contribution in [-0.4, -0.2) is 42.3 Å². The Hall–Kier alpha value is -2.86. The molecule has 0 radical (unpaired) electrons. The molecule has 0 spiro atoms. The average Bonchev–Trinajstić information content (AvgIpc) is 3.09. The van der Waals surface area contributed by atoms with Crippen molar-refractivity contribution in [1.82, 2.24) is 14.9 Å². The third kappa shape index (κ3) is 5.81. The number of ether oxygens (including phenoxy) is 2. The fourth-order valence-corrected chi connectivity index (χ4v) is 3.33. The Kier molecular flexibility index (Phi) is 7.64. The van der Waals surface area contributed by atoms with Crippen LogP contribution >= 0.6 is 0 Å². The molecule has 2 aromatic carbocycles. The number of aryl methyl sites for hydroxylation is 1. The number of nitrogens with zero attached hydrogens (tertiary/aromatic N) is 2. The number of nitrogens with one attached hydrogen (secondary N) is 1. The highest BCUT2D eigenvalue weighted by atomic mass is 16.5. The summed E-state index contributed by atoms with van der Waals surface area (Å²) in [6.07, 6.45) is 2.02. The minimum Gasteiger partial charge on any atom is -0.497 e. The van der Waals surface area contributed by atoms with Crippen LogP contribution in [0.2, 0.25) is 0 Å². The van der Waals surface area contributed by atoms with Crippen molar-refractivity contribution in [2.45, 2.75) is 32.7 Å². The van der Waals surface area contributed by atoms with Crippen molar-refractivity contribution >= 4 is 16.9 Å². The van der Waals surface area contributed by atoms with E-state index >= 15 is 0 Å². The number of imidazole rings is 1. The van der Waals surface area contributed by atoms with Crippen molar-refractivity contribution in [3.63, 3.8) is 0 Å². The summed E-state index contributed by atoms with van der Waals surface area (Å²) in [5, 5.41) is 3.00. The van der Waals surface area contributed by atoms with Crippen molar-refractivity contribution in [3.8, 4) is 5.75 Å². The van der Waals surface area contributed by atoms with Gasteiger partial charge in [0.2, 0.25) is 5.91 Å². The van der Waals surface area contributed by atoms with Gasteiger partial charge in [-0.3, -0.25) is 4.79 Å². The van der Waals surface area contributed by atoms with Crippen LogP contribution in [0.1, 0.15) is 24.7 Å². The van der Waals surface area contributed by atoms with E-state index < -0.39 is 0 Å². The SMILES string of the molecule is CCOCCn1c(CCCNC(=O)Cc2ccc(OC)cc2)nc2ccccc21. The number of fused-ring (bicyclic) bond motifs is 1. The normalized spacial score (nSPS) is 11.0. The molecule has 3 aromatic rings. The molecule has 3 rings (SSSR count). The standard InChI is InChI=1S/C23H29N3O3/c1-3-29-16-15-26-21-8-5-4-7-20(21)25-22(26)9-6-14-24-23(27)17-18-10-12-19(28-2)13-11-18/h4-5,7-8,10-13H,3,6,9,14-17H2,1-2H3,(H,24,27). The van der Waals surface area contributed by atoms with Gasteiger partial charge < -0.3 is 19.4 Å². The van der Waals surface area contributed by atoms with Crippen molar-refractivity contribution in [1.29, 1.82) is 0 Å². The van der Waals surface area contributed by atoms with Gasteiger partial charge >= 0.3 is 0 Å². The number of amides is 1. The molecule has 29 heavy (non-hydrogen) atoms. The van der Waals surface area contributed by atoms with Crippen LogP contribution < -0.4 is 10.1 Å². The fourth-order valence-electron chi connectivity index (χ4n) is 3.33. The molecule has 6 heteroatoms. The Labute approximate surface area is 171 Å². The van der Waals surface area contributed by atoms with E-state index in [2.05, 4.69) is 16.0 Å². The molecule has 0 aliphatic carbocycles. The molecule has 0 saturated heterocycles. The Morgan fingerprint density at radius 2 is 1.93 bits per heavy atom. The summed E-state index contributed by atoms with van der Waals surface area (Å²) in [4.78, 5) is 17.0. The molecule has 0 atom stereocenters. The number of methoxy groups -OCH3 is 1. The lowest BCUT2D eigenvalue weighted by Crippen LogP contribution is -2.26. The van der Waals surface area contributed by atoms with E-state index in [-0.39, 0.29) is 5.91 Å². The van der Waals surface area contributed by atoms with Gasteiger partial charge in [-0.1, -0.05) is 24.3 Å². The third-order valence-corrected chi connectivity index (χ3v) is 4.82. The van der Waals surface area contributed by atoms with Gasteiger partial charge in [0, 0.05) is 26.1 Å². The number of aromatic nitrogens is 2. The van der Waals surface area contributed by atoms with Crippen molar-refractivity contribution in [2.75, 3.05) is 26.9 Å². The molecule has 1 N–H and O–H groups in total. The Morgan fingerprint density at radius 1 is 1.14 bits per heavy atom. The van der Waals surface area contributed by atoms with Gasteiger partial charge in [-0.05, 0) is 43.2 Å². The molecule has 0 bridgehead atoms. The van der Waals surface area contributed by atoms with Crippen LogP contribution in [0.25, 0.3) is 11.0 Å². The lowest BCUT2D eigenvalue weighted by atomic mass is 10.1. The molecule has 0 fully saturated rings. The topological polar surface area (TPSA) is 65.4 Å². The van der Waals surface area contributed by atoms with E-state index in [0.717, 1.165) is 47.6 Å². The summed E-state index contributed by atoms with van der Waals surface area (Å²) in [6.45, 7) is 4.79. The maximum absolute atomic E-state index is 12.2. The quantitative estimate of drug-likeness (QED) is 0.506. The molecule has 154 valence electrons. The highest BCUT2D eigenvalue weighted by Crippen LogP contribution is 2.17. The summed E-state index contributed by atoms with van der Waals surface area (Å²) in [7, 11) is 1.63. The number of rotatable bonds is 11. The van der Waals surface area contributed by atoms with E-state index in [1.165, 1.54) is 0 Å². The summed E-state index contributed by atoms with van der Waals surface area (Å²) >= 11 is 0. The van der Waals surface area contributed by atoms with Crippen LogP contribution in [0.5, 0.6) is 5.75 Å². The number of carbonyl (C=O) groups excluding carboxylic acids is 1. The second-order valence-electron chi connectivity index (χ2n) is 6.84. The number of hydrogen-bond donors (Lipinski definition) is 1. The van der Waals surface area contributed by atoms with Gasteiger partial charge in [0.15, 0.2) is 0 Å². The van der Waals surface area contributed by atoms with Gasteiger partial charge in [-0.2, -0.15) is 0 Å². The zero-order chi connectivity index (χ0) is 20.5. The van der Waals surface area contributed by atoms with Crippen LogP contribution in [0.3, 0.4) is 0 Å². The summed E-state index contributed by atoms with van der Waals surface area (Å²) in [5.41, 5.74) is 3.11. The summed E-state index contributed by atoms with van der Waals surface area (Å²) < 4.78 is 12.9. The highest BCUT2D eigenvalue weighted by Gasteiger charge is 2.10. The van der Waals surface area contributed by atoms with Gasteiger partial charge in [-0.25, -0.2) is 4.98 Å². The van der Waals surface area contributed by atoms with Crippen molar-refractivity contribution < 1.29 is 14.3 Å². The van der Waals surface area contributed by atoms with Crippen LogP contribution in [-0.2, 0) is 28.9 Å². The number of benzene rings is 2. The van der Waals surface area contributed by atoms with Crippen LogP contribution in [0.15, 0.2) is 48.5 Å².